The number of aromatic nitrogens is 4. The van der Waals surface area contributed by atoms with Gasteiger partial charge in [-0.3, -0.25) is 0 Å². The first kappa shape index (κ1) is 5.55. The Balaban J connectivity index is 3.09. The lowest BCUT2D eigenvalue weighted by atomic mass is 10.4. The molecule has 0 radical (unpaired) electrons. The summed E-state index contributed by atoms with van der Waals surface area (Å²) >= 11 is 4.93. The van der Waals surface area contributed by atoms with Gasteiger partial charge >= 0.3 is 0 Å². The van der Waals surface area contributed by atoms with Gasteiger partial charge in [0.2, 0.25) is 0 Å². The normalized spacial score (nSPS) is 10.4. The maximum Gasteiger partial charge on any atom is 0.147 e. The highest BCUT2D eigenvalue weighted by Crippen LogP contribution is 2.04. The van der Waals surface area contributed by atoms with Crippen molar-refractivity contribution in [2.24, 2.45) is 0 Å². The van der Waals surface area contributed by atoms with Gasteiger partial charge in [-0.1, -0.05) is 12.2 Å². The van der Waals surface area contributed by atoms with Crippen molar-refractivity contribution in [3.63, 3.8) is 0 Å². The molecule has 0 aliphatic rings. The van der Waals surface area contributed by atoms with E-state index in [0.717, 1.165) is 11.0 Å². The minimum atomic E-state index is 0.617. The molecule has 0 amide bonds. The molecule has 2 aromatic rings. The summed E-state index contributed by atoms with van der Waals surface area (Å²) in [6.07, 6.45) is 1.74. The van der Waals surface area contributed by atoms with Crippen LogP contribution in [0, 0.1) is 4.64 Å². The van der Waals surface area contributed by atoms with Crippen LogP contribution in [0.4, 0.5) is 0 Å². The molecule has 0 unspecified atom stereocenters. The average molecular weight is 152 g/mol. The first-order valence-electron chi connectivity index (χ1n) is 2.76. The molecule has 0 aliphatic carbocycles. The van der Waals surface area contributed by atoms with Gasteiger partial charge in [0.1, 0.15) is 15.7 Å². The largest absolute Gasteiger partial charge is 0.351 e. The summed E-state index contributed by atoms with van der Waals surface area (Å²) in [7, 11) is 0. The van der Waals surface area contributed by atoms with Gasteiger partial charge in [0.25, 0.3) is 0 Å². The second-order valence-corrected chi connectivity index (χ2v) is 2.27. The smallest absolute Gasteiger partial charge is 0.147 e. The Labute approximate surface area is 61.3 Å². The molecule has 2 N–H and O–H groups in total. The number of pyridine rings is 1. The third-order valence-corrected chi connectivity index (χ3v) is 1.56. The highest BCUT2D eigenvalue weighted by molar-refractivity contribution is 7.71. The predicted octanol–water partition coefficient (Wildman–Crippen LogP) is 1.02. The van der Waals surface area contributed by atoms with Gasteiger partial charge in [0.15, 0.2) is 0 Å². The van der Waals surface area contributed by atoms with E-state index in [1.165, 1.54) is 0 Å². The first-order valence-corrected chi connectivity index (χ1v) is 3.17. The summed E-state index contributed by atoms with van der Waals surface area (Å²) in [6, 6.07) is 1.81. The standard InChI is InChI=1S/C5H4N4S/c10-5-4-3(1-2-6-5)7-9-8-4/h1-2H,(H,6,10)(H,7,8,9). The van der Waals surface area contributed by atoms with Gasteiger partial charge in [-0.15, -0.1) is 0 Å². The lowest BCUT2D eigenvalue weighted by molar-refractivity contribution is 0.958. The molecule has 0 fully saturated rings. The molecule has 0 saturated heterocycles. The summed E-state index contributed by atoms with van der Waals surface area (Å²) in [6.45, 7) is 0. The molecule has 50 valence electrons. The topological polar surface area (TPSA) is 57.4 Å². The number of nitrogens with zero attached hydrogens (tertiary/aromatic N) is 2. The zero-order valence-corrected chi connectivity index (χ0v) is 5.77. The van der Waals surface area contributed by atoms with Crippen LogP contribution in [0.1, 0.15) is 0 Å². The van der Waals surface area contributed by atoms with Gasteiger partial charge in [0, 0.05) is 6.20 Å². The number of nitrogens with one attached hydrogen (secondary N) is 2. The van der Waals surface area contributed by atoms with Crippen LogP contribution in [0.3, 0.4) is 0 Å². The molecule has 2 aromatic heterocycles. The molecule has 4 nitrogen and oxygen atoms in total. The molecule has 0 atom stereocenters. The van der Waals surface area contributed by atoms with E-state index < -0.39 is 0 Å². The molecule has 0 saturated carbocycles. The predicted molar refractivity (Wildman–Crippen MR) is 39.1 cm³/mol. The number of aromatic amines is 2. The summed E-state index contributed by atoms with van der Waals surface area (Å²) in [5.41, 5.74) is 1.52. The van der Waals surface area contributed by atoms with Crippen molar-refractivity contribution in [2.45, 2.75) is 0 Å². The average Bonchev–Trinajstić information content (AvgIpc) is 2.36. The Kier molecular flexibility index (Phi) is 1.04. The molecular weight excluding hydrogens is 148 g/mol. The molecule has 0 bridgehead atoms. The van der Waals surface area contributed by atoms with Gasteiger partial charge in [-0.2, -0.15) is 15.4 Å². The monoisotopic (exact) mass is 152 g/mol. The van der Waals surface area contributed by atoms with Crippen molar-refractivity contribution in [1.29, 1.82) is 0 Å². The molecule has 5 heteroatoms. The Morgan fingerprint density at radius 3 is 3.10 bits per heavy atom. The number of hydrogen-bond acceptors (Lipinski definition) is 3. The summed E-state index contributed by atoms with van der Waals surface area (Å²) in [5.74, 6) is 0. The van der Waals surface area contributed by atoms with E-state index >= 15 is 0 Å². The first-order chi connectivity index (χ1) is 4.88. The van der Waals surface area contributed by atoms with Crippen LogP contribution in [0.5, 0.6) is 0 Å². The fourth-order valence-corrected chi connectivity index (χ4v) is 1.01. The van der Waals surface area contributed by atoms with E-state index in [2.05, 4.69) is 20.4 Å². The fourth-order valence-electron chi connectivity index (χ4n) is 0.787. The highest BCUT2D eigenvalue weighted by Gasteiger charge is 1.95. The molecule has 2 rings (SSSR count). The summed E-state index contributed by atoms with van der Waals surface area (Å²) < 4.78 is 0.617. The number of hydrogen-bond donors (Lipinski definition) is 2. The lowest BCUT2D eigenvalue weighted by Crippen LogP contribution is -1.74. The molecule has 2 heterocycles. The number of H-pyrrole nitrogens is 2. The van der Waals surface area contributed by atoms with Gasteiger partial charge in [0.05, 0.1) is 0 Å². The van der Waals surface area contributed by atoms with Crippen molar-refractivity contribution < 1.29 is 0 Å². The van der Waals surface area contributed by atoms with E-state index in [9.17, 15) is 0 Å². The zero-order chi connectivity index (χ0) is 6.97. The minimum absolute atomic E-state index is 0.617. The summed E-state index contributed by atoms with van der Waals surface area (Å²) in [5, 5.41) is 10.2. The van der Waals surface area contributed by atoms with Crippen LogP contribution in [-0.2, 0) is 0 Å². The second kappa shape index (κ2) is 1.88. The van der Waals surface area contributed by atoms with Crippen molar-refractivity contribution in [3.8, 4) is 0 Å². The van der Waals surface area contributed by atoms with E-state index in [1.54, 1.807) is 6.20 Å². The van der Waals surface area contributed by atoms with Crippen molar-refractivity contribution in [1.82, 2.24) is 20.4 Å². The quantitative estimate of drug-likeness (QED) is 0.554. The van der Waals surface area contributed by atoms with Crippen molar-refractivity contribution in [2.75, 3.05) is 0 Å². The third kappa shape index (κ3) is 0.640. The number of rotatable bonds is 0. The minimum Gasteiger partial charge on any atom is -0.351 e. The molecule has 0 spiro atoms. The van der Waals surface area contributed by atoms with Gasteiger partial charge in [-0.05, 0) is 6.07 Å². The fraction of sp³-hybridized carbons (Fsp3) is 0. The van der Waals surface area contributed by atoms with Gasteiger partial charge in [-0.25, -0.2) is 0 Å². The van der Waals surface area contributed by atoms with Crippen molar-refractivity contribution in [3.05, 3.63) is 16.9 Å². The summed E-state index contributed by atoms with van der Waals surface area (Å²) in [4.78, 5) is 2.85. The lowest BCUT2D eigenvalue weighted by Gasteiger charge is -1.82. The second-order valence-electron chi connectivity index (χ2n) is 1.86. The maximum atomic E-state index is 4.93. The Morgan fingerprint density at radius 2 is 2.30 bits per heavy atom. The van der Waals surface area contributed by atoms with E-state index in [1.807, 2.05) is 6.07 Å². The van der Waals surface area contributed by atoms with Gasteiger partial charge < -0.3 is 4.98 Å². The molecule has 0 aromatic carbocycles. The van der Waals surface area contributed by atoms with E-state index in [-0.39, 0.29) is 0 Å². The maximum absolute atomic E-state index is 4.93. The van der Waals surface area contributed by atoms with E-state index in [0.29, 0.717) is 4.64 Å². The van der Waals surface area contributed by atoms with Crippen LogP contribution in [-0.4, -0.2) is 20.4 Å². The van der Waals surface area contributed by atoms with Crippen LogP contribution in [0.25, 0.3) is 11.0 Å². The SMILES string of the molecule is S=c1[nH]ccc2n[nH]nc12. The number of fused-ring (bicyclic) bond motifs is 1. The molecule has 10 heavy (non-hydrogen) atoms. The van der Waals surface area contributed by atoms with E-state index in [4.69, 9.17) is 12.2 Å². The highest BCUT2D eigenvalue weighted by atomic mass is 32.1. The molecular formula is C5H4N4S. The Bertz CT molecular complexity index is 401. The van der Waals surface area contributed by atoms with Crippen LogP contribution < -0.4 is 0 Å². The van der Waals surface area contributed by atoms with Crippen molar-refractivity contribution >= 4 is 23.3 Å². The molecule has 0 aliphatic heterocycles. The van der Waals surface area contributed by atoms with Crippen LogP contribution >= 0.6 is 12.2 Å². The Morgan fingerprint density at radius 1 is 1.40 bits per heavy atom. The third-order valence-electron chi connectivity index (χ3n) is 1.25. The Hall–Kier alpha value is -1.23. The van der Waals surface area contributed by atoms with Crippen LogP contribution in [0.2, 0.25) is 0 Å². The van der Waals surface area contributed by atoms with Crippen LogP contribution in [0.15, 0.2) is 12.3 Å². The zero-order valence-electron chi connectivity index (χ0n) is 4.96.